The van der Waals surface area contributed by atoms with E-state index in [0.29, 0.717) is 31.7 Å². The lowest BCUT2D eigenvalue weighted by molar-refractivity contribution is -0.155. The summed E-state index contributed by atoms with van der Waals surface area (Å²) in [6, 6.07) is 19.9. The zero-order chi connectivity index (χ0) is 31.0. The minimum atomic E-state index is -0.554. The second-order valence-electron chi connectivity index (χ2n) is 12.4. The first-order valence-corrected chi connectivity index (χ1v) is 14.9. The molecule has 0 aliphatic carbocycles. The number of H-pyrrole nitrogens is 1. The summed E-state index contributed by atoms with van der Waals surface area (Å²) in [6.07, 6.45) is 2.24. The molecule has 0 unspecified atom stereocenters. The number of ether oxygens (including phenoxy) is 1. The van der Waals surface area contributed by atoms with Crippen molar-refractivity contribution in [1.29, 1.82) is 0 Å². The predicted octanol–water partition coefficient (Wildman–Crippen LogP) is 6.12. The van der Waals surface area contributed by atoms with Crippen molar-refractivity contribution in [2.24, 2.45) is 10.8 Å². The van der Waals surface area contributed by atoms with Crippen LogP contribution in [0, 0.1) is 10.8 Å². The van der Waals surface area contributed by atoms with Crippen LogP contribution in [0.4, 0.5) is 5.82 Å². The fourth-order valence-electron chi connectivity index (χ4n) is 5.49. The molecular weight excluding hydrogens is 540 g/mol. The Bertz CT molecular complexity index is 1510. The van der Waals surface area contributed by atoms with E-state index in [4.69, 9.17) is 4.74 Å². The maximum atomic E-state index is 12.8. The molecule has 1 amide bonds. The smallest absolute Gasteiger partial charge is 0.311 e. The Labute approximate surface area is 254 Å². The highest BCUT2D eigenvalue weighted by atomic mass is 16.5. The summed E-state index contributed by atoms with van der Waals surface area (Å²) >= 11 is 0. The van der Waals surface area contributed by atoms with Gasteiger partial charge in [0.15, 0.2) is 0 Å². The molecule has 2 aromatic carbocycles. The minimum Gasteiger partial charge on any atom is -0.466 e. The lowest BCUT2D eigenvalue weighted by Crippen LogP contribution is -2.40. The minimum absolute atomic E-state index is 0.0839. The van der Waals surface area contributed by atoms with E-state index in [9.17, 15) is 9.59 Å². The molecule has 0 fully saturated rings. The molecule has 228 valence electrons. The van der Waals surface area contributed by atoms with Gasteiger partial charge in [-0.15, -0.1) is 0 Å². The number of hydrogen-bond acceptors (Lipinski definition) is 7. The van der Waals surface area contributed by atoms with Crippen LogP contribution >= 0.6 is 0 Å². The molecule has 9 nitrogen and oxygen atoms in total. The van der Waals surface area contributed by atoms with Gasteiger partial charge in [-0.3, -0.25) is 9.59 Å². The van der Waals surface area contributed by atoms with Crippen LogP contribution in [0.5, 0.6) is 0 Å². The topological polar surface area (TPSA) is 121 Å². The number of amides is 1. The van der Waals surface area contributed by atoms with E-state index in [-0.39, 0.29) is 23.3 Å². The highest BCUT2D eigenvalue weighted by molar-refractivity contribution is 5.95. The Morgan fingerprint density at radius 3 is 2.40 bits per heavy atom. The average Bonchev–Trinajstić information content (AvgIpc) is 3.42. The van der Waals surface area contributed by atoms with Crippen LogP contribution in [-0.4, -0.2) is 53.1 Å². The van der Waals surface area contributed by atoms with Gasteiger partial charge in [-0.05, 0) is 68.9 Å². The van der Waals surface area contributed by atoms with E-state index in [1.54, 1.807) is 6.33 Å². The number of aromatic nitrogens is 3. The van der Waals surface area contributed by atoms with Crippen LogP contribution in [0.1, 0.15) is 69.9 Å². The van der Waals surface area contributed by atoms with Gasteiger partial charge in [0.05, 0.1) is 17.4 Å². The average molecular weight is 585 g/mol. The number of carbonyl (C=O) groups excluding carboxylic acids is 2. The molecule has 0 spiro atoms. The maximum absolute atomic E-state index is 12.8. The summed E-state index contributed by atoms with van der Waals surface area (Å²) in [5.74, 6) is 0.467. The van der Waals surface area contributed by atoms with Crippen LogP contribution in [0.15, 0.2) is 67.0 Å². The van der Waals surface area contributed by atoms with Crippen molar-refractivity contribution in [3.05, 3.63) is 78.1 Å². The van der Waals surface area contributed by atoms with Crippen molar-refractivity contribution in [3.8, 4) is 11.3 Å². The van der Waals surface area contributed by atoms with Gasteiger partial charge in [0.2, 0.25) is 0 Å². The van der Waals surface area contributed by atoms with Crippen molar-refractivity contribution in [1.82, 2.24) is 25.6 Å². The first-order valence-electron chi connectivity index (χ1n) is 14.9. The van der Waals surface area contributed by atoms with Gasteiger partial charge < -0.3 is 25.7 Å². The van der Waals surface area contributed by atoms with Crippen LogP contribution in [-0.2, 0) is 9.53 Å². The van der Waals surface area contributed by atoms with Crippen LogP contribution in [0.2, 0.25) is 0 Å². The Balaban J connectivity index is 1.29. The number of nitrogens with one attached hydrogen (secondary N) is 4. The third kappa shape index (κ3) is 8.41. The summed E-state index contributed by atoms with van der Waals surface area (Å²) in [7, 11) is 0. The maximum Gasteiger partial charge on any atom is 0.311 e. The molecule has 4 rings (SSSR count). The number of aromatic amines is 1. The summed E-state index contributed by atoms with van der Waals surface area (Å²) in [4.78, 5) is 37.3. The summed E-state index contributed by atoms with van der Waals surface area (Å²) < 4.78 is 5.22. The van der Waals surface area contributed by atoms with Crippen LogP contribution in [0.25, 0.3) is 22.3 Å². The lowest BCUT2D eigenvalue weighted by atomic mass is 9.75. The van der Waals surface area contributed by atoms with Gasteiger partial charge in [-0.1, -0.05) is 56.3 Å². The van der Waals surface area contributed by atoms with Crippen molar-refractivity contribution in [2.45, 2.75) is 54.0 Å². The molecule has 0 aliphatic rings. The number of esters is 1. The standard InChI is InChI=1S/C34H44N6O3/c1-7-43-32(42)34(5,6)20-33(3,4)21-35-17-18-36-31(41)26-15-13-25(14-16-26)28-19-27-29(37-22-38-30(27)40-28)39-23(2)24-11-9-8-10-12-24/h8-16,19,22-23,35H,7,17-18,20-21H2,1-6H3,(H,36,41)(H2,37,38,39,40)/t23-/m1/s1. The van der Waals surface area contributed by atoms with E-state index < -0.39 is 5.41 Å². The highest BCUT2D eigenvalue weighted by Crippen LogP contribution is 2.34. The van der Waals surface area contributed by atoms with E-state index in [0.717, 1.165) is 34.7 Å². The quantitative estimate of drug-likeness (QED) is 0.104. The second kappa shape index (κ2) is 13.8. The van der Waals surface area contributed by atoms with Crippen molar-refractivity contribution in [3.63, 3.8) is 0 Å². The lowest BCUT2D eigenvalue weighted by Gasteiger charge is -2.33. The second-order valence-corrected chi connectivity index (χ2v) is 12.4. The molecule has 9 heteroatoms. The summed E-state index contributed by atoms with van der Waals surface area (Å²) in [5, 5.41) is 10.8. The fraction of sp³-hybridized carbons (Fsp3) is 0.412. The first kappa shape index (κ1) is 31.7. The summed E-state index contributed by atoms with van der Waals surface area (Å²) in [6.45, 7) is 14.3. The molecular formula is C34H44N6O3. The van der Waals surface area contributed by atoms with E-state index >= 15 is 0 Å². The first-order chi connectivity index (χ1) is 20.5. The third-order valence-electron chi connectivity index (χ3n) is 7.48. The Hall–Kier alpha value is -4.24. The molecule has 0 saturated carbocycles. The number of benzene rings is 2. The van der Waals surface area contributed by atoms with Crippen molar-refractivity contribution < 1.29 is 14.3 Å². The summed E-state index contributed by atoms with van der Waals surface area (Å²) in [5.41, 5.74) is 3.70. The number of anilines is 1. The van der Waals surface area contributed by atoms with E-state index in [2.05, 4.69) is 63.8 Å². The predicted molar refractivity (Wildman–Crippen MR) is 172 cm³/mol. The van der Waals surface area contributed by atoms with Gasteiger partial charge >= 0.3 is 5.97 Å². The zero-order valence-electron chi connectivity index (χ0n) is 26.1. The molecule has 1 atom stereocenters. The molecule has 0 radical (unpaired) electrons. The molecule has 4 aromatic rings. The largest absolute Gasteiger partial charge is 0.466 e. The fourth-order valence-corrected chi connectivity index (χ4v) is 5.49. The molecule has 4 N–H and O–H groups in total. The van der Waals surface area contributed by atoms with Gasteiger partial charge in [0.25, 0.3) is 5.91 Å². The highest BCUT2D eigenvalue weighted by Gasteiger charge is 2.35. The number of hydrogen-bond donors (Lipinski definition) is 4. The van der Waals surface area contributed by atoms with E-state index in [1.807, 2.05) is 69.3 Å². The number of rotatable bonds is 14. The van der Waals surface area contributed by atoms with Gasteiger partial charge in [-0.2, -0.15) is 0 Å². The molecule has 0 saturated heterocycles. The van der Waals surface area contributed by atoms with Gasteiger partial charge in [0, 0.05) is 36.9 Å². The Kier molecular flexibility index (Phi) is 10.2. The van der Waals surface area contributed by atoms with Crippen molar-refractivity contribution in [2.75, 3.05) is 31.6 Å². The third-order valence-corrected chi connectivity index (χ3v) is 7.48. The van der Waals surface area contributed by atoms with Crippen LogP contribution < -0.4 is 16.0 Å². The number of carbonyl (C=O) groups is 2. The molecule has 43 heavy (non-hydrogen) atoms. The van der Waals surface area contributed by atoms with Gasteiger partial charge in [0.1, 0.15) is 17.8 Å². The number of nitrogens with zero attached hydrogens (tertiary/aromatic N) is 2. The normalized spacial score (nSPS) is 12.6. The number of fused-ring (bicyclic) bond motifs is 1. The molecule has 0 aliphatic heterocycles. The zero-order valence-corrected chi connectivity index (χ0v) is 26.1. The molecule has 2 aromatic heterocycles. The van der Waals surface area contributed by atoms with Crippen molar-refractivity contribution >= 4 is 28.7 Å². The monoisotopic (exact) mass is 584 g/mol. The SMILES string of the molecule is CCOC(=O)C(C)(C)CC(C)(C)CNCCNC(=O)c1ccc(-c2cc3c(N[C@H](C)c4ccccc4)ncnc3[nH]2)cc1. The molecule has 2 heterocycles. The van der Waals surface area contributed by atoms with Gasteiger partial charge in [-0.25, -0.2) is 9.97 Å². The molecule has 0 bridgehead atoms. The van der Waals surface area contributed by atoms with E-state index in [1.165, 1.54) is 5.56 Å². The Morgan fingerprint density at radius 2 is 1.70 bits per heavy atom. The van der Waals surface area contributed by atoms with Crippen LogP contribution in [0.3, 0.4) is 0 Å². The Morgan fingerprint density at radius 1 is 0.977 bits per heavy atom.